The summed E-state index contributed by atoms with van der Waals surface area (Å²) < 4.78 is 14.5. The van der Waals surface area contributed by atoms with Gasteiger partial charge < -0.3 is 24.4 Å². The molecule has 0 saturated carbocycles. The lowest BCUT2D eigenvalue weighted by Crippen LogP contribution is -2.07. The molecule has 1 rings (SSSR count). The number of methoxy groups -OCH3 is 2. The van der Waals surface area contributed by atoms with Gasteiger partial charge in [-0.2, -0.15) is 0 Å². The molecule has 0 saturated heterocycles. The third kappa shape index (κ3) is 2.33. The number of carbonyl (C=O) groups is 1. The number of hydrogen-bond donors (Lipinski definition) is 2. The number of ether oxygens (including phenoxy) is 3. The molecule has 18 heavy (non-hydrogen) atoms. The Hall–Kier alpha value is -1.95. The number of esters is 1. The first kappa shape index (κ1) is 14.1. The summed E-state index contributed by atoms with van der Waals surface area (Å²) in [5, 5.41) is 19.8. The van der Waals surface area contributed by atoms with Gasteiger partial charge in [0.05, 0.1) is 7.11 Å². The summed E-state index contributed by atoms with van der Waals surface area (Å²) in [6.45, 7) is 3.11. The molecule has 0 aliphatic carbocycles. The van der Waals surface area contributed by atoms with E-state index in [-0.39, 0.29) is 29.6 Å². The summed E-state index contributed by atoms with van der Waals surface area (Å²) in [6, 6.07) is 0. The first-order valence-corrected chi connectivity index (χ1v) is 5.20. The summed E-state index contributed by atoms with van der Waals surface area (Å²) >= 11 is 0. The van der Waals surface area contributed by atoms with Gasteiger partial charge >= 0.3 is 5.97 Å². The predicted octanol–water partition coefficient (Wildman–Crippen LogP) is 1.48. The number of aromatic hydroxyl groups is 2. The highest BCUT2D eigenvalue weighted by Gasteiger charge is 2.25. The third-order valence-corrected chi connectivity index (χ3v) is 2.58. The zero-order chi connectivity index (χ0) is 13.9. The number of benzene rings is 1. The first-order valence-electron chi connectivity index (χ1n) is 5.20. The minimum Gasteiger partial charge on any atom is -0.506 e. The van der Waals surface area contributed by atoms with Gasteiger partial charge in [-0.1, -0.05) is 0 Å². The van der Waals surface area contributed by atoms with Crippen molar-refractivity contribution < 1.29 is 29.2 Å². The zero-order valence-corrected chi connectivity index (χ0v) is 10.7. The highest BCUT2D eigenvalue weighted by atomic mass is 16.7. The normalized spacial score (nSPS) is 10.2. The highest BCUT2D eigenvalue weighted by molar-refractivity contribution is 5.97. The van der Waals surface area contributed by atoms with Gasteiger partial charge in [-0.3, -0.25) is 0 Å². The van der Waals surface area contributed by atoms with Crippen LogP contribution in [0.15, 0.2) is 0 Å². The van der Waals surface area contributed by atoms with Crippen molar-refractivity contribution in [2.75, 3.05) is 21.0 Å². The average Bonchev–Trinajstić information content (AvgIpc) is 2.36. The van der Waals surface area contributed by atoms with E-state index in [0.717, 1.165) is 0 Å². The van der Waals surface area contributed by atoms with E-state index in [0.29, 0.717) is 11.1 Å². The van der Waals surface area contributed by atoms with Crippen LogP contribution in [0.1, 0.15) is 21.5 Å². The van der Waals surface area contributed by atoms with Crippen molar-refractivity contribution in [2.24, 2.45) is 0 Å². The monoisotopic (exact) mass is 256 g/mol. The summed E-state index contributed by atoms with van der Waals surface area (Å²) in [6.07, 6.45) is 0. The highest BCUT2D eigenvalue weighted by Crippen LogP contribution is 2.41. The third-order valence-electron chi connectivity index (χ3n) is 2.58. The van der Waals surface area contributed by atoms with Crippen LogP contribution >= 0.6 is 0 Å². The quantitative estimate of drug-likeness (QED) is 0.627. The molecule has 0 aromatic heterocycles. The minimum absolute atomic E-state index is 0.0296. The van der Waals surface area contributed by atoms with E-state index in [1.807, 2.05) is 0 Å². The molecule has 1 aromatic rings. The van der Waals surface area contributed by atoms with Crippen LogP contribution in [0.25, 0.3) is 0 Å². The first-order chi connectivity index (χ1) is 8.45. The van der Waals surface area contributed by atoms with Crippen molar-refractivity contribution in [1.82, 2.24) is 0 Å². The van der Waals surface area contributed by atoms with Gasteiger partial charge in [0.15, 0.2) is 6.79 Å². The zero-order valence-electron chi connectivity index (χ0n) is 10.7. The van der Waals surface area contributed by atoms with E-state index in [1.54, 1.807) is 13.8 Å². The fourth-order valence-electron chi connectivity index (χ4n) is 1.61. The summed E-state index contributed by atoms with van der Waals surface area (Å²) in [5.41, 5.74) is 0.405. The maximum atomic E-state index is 11.5. The topological polar surface area (TPSA) is 85.2 Å². The molecule has 0 spiro atoms. The smallest absolute Gasteiger partial charge is 0.345 e. The number of phenolic OH excluding ortho intramolecular Hbond substituents is 2. The van der Waals surface area contributed by atoms with E-state index in [1.165, 1.54) is 14.2 Å². The molecule has 2 N–H and O–H groups in total. The van der Waals surface area contributed by atoms with E-state index < -0.39 is 5.97 Å². The number of hydrogen-bond acceptors (Lipinski definition) is 6. The summed E-state index contributed by atoms with van der Waals surface area (Å²) in [4.78, 5) is 11.5. The second-order valence-corrected chi connectivity index (χ2v) is 3.69. The molecule has 0 unspecified atom stereocenters. The lowest BCUT2D eigenvalue weighted by molar-refractivity contribution is 0.0496. The van der Waals surface area contributed by atoms with E-state index in [2.05, 4.69) is 4.74 Å². The maximum absolute atomic E-state index is 11.5. The second kappa shape index (κ2) is 5.59. The van der Waals surface area contributed by atoms with Gasteiger partial charge in [-0.15, -0.1) is 0 Å². The lowest BCUT2D eigenvalue weighted by atomic mass is 10.0. The van der Waals surface area contributed by atoms with Crippen LogP contribution < -0.4 is 4.74 Å². The van der Waals surface area contributed by atoms with Gasteiger partial charge in [0.25, 0.3) is 0 Å². The average molecular weight is 256 g/mol. The van der Waals surface area contributed by atoms with Crippen molar-refractivity contribution in [1.29, 1.82) is 0 Å². The molecule has 0 aliphatic heterocycles. The lowest BCUT2D eigenvalue weighted by Gasteiger charge is -2.16. The van der Waals surface area contributed by atoms with Crippen molar-refractivity contribution in [3.05, 3.63) is 16.7 Å². The minimum atomic E-state index is -0.811. The molecule has 0 aliphatic rings. The van der Waals surface area contributed by atoms with Gasteiger partial charge in [0.1, 0.15) is 22.8 Å². The Kier molecular flexibility index (Phi) is 4.38. The van der Waals surface area contributed by atoms with Crippen molar-refractivity contribution in [3.63, 3.8) is 0 Å². The van der Waals surface area contributed by atoms with Crippen LogP contribution in [0.5, 0.6) is 17.2 Å². The van der Waals surface area contributed by atoms with Crippen LogP contribution in [-0.4, -0.2) is 37.2 Å². The van der Waals surface area contributed by atoms with Crippen molar-refractivity contribution in [2.45, 2.75) is 13.8 Å². The van der Waals surface area contributed by atoms with Gasteiger partial charge in [-0.05, 0) is 13.8 Å². The van der Waals surface area contributed by atoms with Crippen LogP contribution in [0.4, 0.5) is 0 Å². The molecule has 1 aromatic carbocycles. The molecule has 0 bridgehead atoms. The van der Waals surface area contributed by atoms with Crippen molar-refractivity contribution >= 4 is 5.97 Å². The Morgan fingerprint density at radius 1 is 1.11 bits per heavy atom. The molecule has 0 fully saturated rings. The van der Waals surface area contributed by atoms with E-state index in [9.17, 15) is 15.0 Å². The Morgan fingerprint density at radius 3 is 2.00 bits per heavy atom. The molecule has 100 valence electrons. The van der Waals surface area contributed by atoms with Crippen LogP contribution in [-0.2, 0) is 9.47 Å². The van der Waals surface area contributed by atoms with Crippen molar-refractivity contribution in [3.8, 4) is 17.2 Å². The Morgan fingerprint density at radius 2 is 1.61 bits per heavy atom. The predicted molar refractivity (Wildman–Crippen MR) is 63.1 cm³/mol. The fourth-order valence-corrected chi connectivity index (χ4v) is 1.61. The fraction of sp³-hybridized carbons (Fsp3) is 0.417. The molecule has 0 heterocycles. The number of rotatable bonds is 4. The number of phenols is 2. The van der Waals surface area contributed by atoms with Gasteiger partial charge in [0.2, 0.25) is 0 Å². The maximum Gasteiger partial charge on any atom is 0.345 e. The molecule has 6 nitrogen and oxygen atoms in total. The second-order valence-electron chi connectivity index (χ2n) is 3.69. The van der Waals surface area contributed by atoms with Crippen LogP contribution in [0.2, 0.25) is 0 Å². The number of carbonyl (C=O) groups excluding carboxylic acids is 1. The standard InChI is InChI=1S/C12H16O6/c1-6-9(13)8(12(15)17-4)10(14)7(2)11(6)18-5-16-3/h13-14H,5H2,1-4H3. The molecule has 0 atom stereocenters. The molecule has 0 amide bonds. The molecule has 0 radical (unpaired) electrons. The van der Waals surface area contributed by atoms with Crippen LogP contribution in [0.3, 0.4) is 0 Å². The van der Waals surface area contributed by atoms with E-state index >= 15 is 0 Å². The molecular formula is C12H16O6. The van der Waals surface area contributed by atoms with Gasteiger partial charge in [0, 0.05) is 18.2 Å². The van der Waals surface area contributed by atoms with Gasteiger partial charge in [-0.25, -0.2) is 4.79 Å². The van der Waals surface area contributed by atoms with E-state index in [4.69, 9.17) is 9.47 Å². The summed E-state index contributed by atoms with van der Waals surface area (Å²) in [5.74, 6) is -1.26. The molecular weight excluding hydrogens is 240 g/mol. The molecule has 6 heteroatoms. The van der Waals surface area contributed by atoms with Crippen LogP contribution in [0, 0.1) is 13.8 Å². The summed E-state index contributed by atoms with van der Waals surface area (Å²) in [7, 11) is 2.62. The Labute approximate surface area is 105 Å². The Bertz CT molecular complexity index is 437. The largest absolute Gasteiger partial charge is 0.506 e. The SMILES string of the molecule is COCOc1c(C)c(O)c(C(=O)OC)c(O)c1C. The Balaban J connectivity index is 3.40.